The minimum Gasteiger partial charge on any atom is -0.321 e. The van der Waals surface area contributed by atoms with Gasteiger partial charge >= 0.3 is 0 Å². The molecule has 0 saturated carbocycles. The van der Waals surface area contributed by atoms with Crippen LogP contribution in [0.1, 0.15) is 20.8 Å². The van der Waals surface area contributed by atoms with Crippen molar-refractivity contribution >= 4 is 10.9 Å². The summed E-state index contributed by atoms with van der Waals surface area (Å²) in [7, 11) is 1.80. The highest BCUT2D eigenvalue weighted by Crippen LogP contribution is 2.21. The van der Waals surface area contributed by atoms with E-state index >= 15 is 0 Å². The van der Waals surface area contributed by atoms with Crippen LogP contribution < -0.4 is 5.56 Å². The van der Waals surface area contributed by atoms with Crippen molar-refractivity contribution in [3.8, 4) is 11.3 Å². The second-order valence-corrected chi connectivity index (χ2v) is 5.96. The van der Waals surface area contributed by atoms with E-state index in [-0.39, 0.29) is 11.1 Å². The van der Waals surface area contributed by atoms with E-state index in [2.05, 4.69) is 36.0 Å². The molecule has 0 spiro atoms. The van der Waals surface area contributed by atoms with E-state index in [4.69, 9.17) is 0 Å². The van der Waals surface area contributed by atoms with E-state index < -0.39 is 0 Å². The second kappa shape index (κ2) is 4.06. The molecule has 20 heavy (non-hydrogen) atoms. The number of nitrogens with zero attached hydrogens (tertiary/aromatic N) is 4. The molecule has 0 amide bonds. The summed E-state index contributed by atoms with van der Waals surface area (Å²) < 4.78 is 3.52. The fourth-order valence-corrected chi connectivity index (χ4v) is 2.13. The molecule has 3 rings (SSSR count). The Balaban J connectivity index is 2.15. The van der Waals surface area contributed by atoms with Gasteiger partial charge < -0.3 is 4.98 Å². The van der Waals surface area contributed by atoms with Crippen LogP contribution in [0.4, 0.5) is 0 Å². The summed E-state index contributed by atoms with van der Waals surface area (Å²) in [6.45, 7) is 6.23. The van der Waals surface area contributed by atoms with E-state index in [0.29, 0.717) is 10.9 Å². The highest BCUT2D eigenvalue weighted by molar-refractivity contribution is 5.80. The molecular formula is C14H17N5O. The van der Waals surface area contributed by atoms with E-state index in [0.717, 1.165) is 11.3 Å². The van der Waals surface area contributed by atoms with Gasteiger partial charge in [-0.05, 0) is 26.8 Å². The van der Waals surface area contributed by atoms with Crippen molar-refractivity contribution in [2.45, 2.75) is 26.3 Å². The lowest BCUT2D eigenvalue weighted by molar-refractivity contribution is 0.355. The maximum atomic E-state index is 12.1. The molecule has 3 aromatic rings. The molecule has 0 aliphatic rings. The summed E-state index contributed by atoms with van der Waals surface area (Å²) in [4.78, 5) is 14.9. The zero-order valence-corrected chi connectivity index (χ0v) is 12.0. The van der Waals surface area contributed by atoms with Crippen LogP contribution in [0.5, 0.6) is 0 Å². The largest absolute Gasteiger partial charge is 0.321 e. The van der Waals surface area contributed by atoms with Gasteiger partial charge in [0.05, 0.1) is 28.3 Å². The van der Waals surface area contributed by atoms with Crippen molar-refractivity contribution in [2.24, 2.45) is 7.05 Å². The van der Waals surface area contributed by atoms with Crippen molar-refractivity contribution in [1.82, 2.24) is 24.5 Å². The SMILES string of the molecule is Cn1cc2c(=O)[nH]c(-c3cnn(C(C)(C)C)c3)cc2n1. The number of rotatable bonds is 1. The Morgan fingerprint density at radius 3 is 2.65 bits per heavy atom. The standard InChI is InChI=1S/C14H17N5O/c1-14(2,3)19-7-9(6-15-19)11-5-12-10(13(20)16-11)8-18(4)17-12/h5-8H,1-4H3,(H,16,20). The molecule has 104 valence electrons. The highest BCUT2D eigenvalue weighted by atomic mass is 16.1. The minimum absolute atomic E-state index is 0.0896. The Labute approximate surface area is 116 Å². The molecule has 0 fully saturated rings. The predicted octanol–water partition coefficient (Wildman–Crippen LogP) is 1.88. The molecule has 6 nitrogen and oxygen atoms in total. The Bertz CT molecular complexity index is 831. The lowest BCUT2D eigenvalue weighted by atomic mass is 10.1. The maximum absolute atomic E-state index is 12.1. The summed E-state index contributed by atoms with van der Waals surface area (Å²) in [6.07, 6.45) is 5.40. The van der Waals surface area contributed by atoms with Crippen molar-refractivity contribution in [3.05, 3.63) is 35.0 Å². The fourth-order valence-electron chi connectivity index (χ4n) is 2.13. The quantitative estimate of drug-likeness (QED) is 0.734. The normalized spacial score (nSPS) is 12.2. The molecule has 0 bridgehead atoms. The van der Waals surface area contributed by atoms with Crippen LogP contribution in [0.3, 0.4) is 0 Å². The second-order valence-electron chi connectivity index (χ2n) is 5.96. The number of pyridine rings is 1. The highest BCUT2D eigenvalue weighted by Gasteiger charge is 2.15. The van der Waals surface area contributed by atoms with Gasteiger partial charge in [-0.25, -0.2) is 0 Å². The molecule has 0 aliphatic carbocycles. The number of aromatic amines is 1. The number of hydrogen-bond donors (Lipinski definition) is 1. The third kappa shape index (κ3) is 2.03. The predicted molar refractivity (Wildman–Crippen MR) is 77.6 cm³/mol. The van der Waals surface area contributed by atoms with Gasteiger partial charge in [0.2, 0.25) is 0 Å². The topological polar surface area (TPSA) is 68.5 Å². The van der Waals surface area contributed by atoms with Crippen molar-refractivity contribution in [2.75, 3.05) is 0 Å². The molecular weight excluding hydrogens is 254 g/mol. The van der Waals surface area contributed by atoms with Gasteiger partial charge in [0.1, 0.15) is 0 Å². The van der Waals surface area contributed by atoms with E-state index in [1.54, 1.807) is 24.1 Å². The third-order valence-electron chi connectivity index (χ3n) is 3.21. The van der Waals surface area contributed by atoms with Crippen molar-refractivity contribution in [1.29, 1.82) is 0 Å². The Morgan fingerprint density at radius 1 is 1.25 bits per heavy atom. The summed E-state index contributed by atoms with van der Waals surface area (Å²) in [6, 6.07) is 1.88. The summed E-state index contributed by atoms with van der Waals surface area (Å²) in [5, 5.41) is 9.23. The average molecular weight is 271 g/mol. The lowest BCUT2D eigenvalue weighted by Crippen LogP contribution is -2.21. The Hall–Kier alpha value is -2.37. The van der Waals surface area contributed by atoms with Gasteiger partial charge in [-0.2, -0.15) is 10.2 Å². The van der Waals surface area contributed by atoms with Gasteiger partial charge in [-0.15, -0.1) is 0 Å². The lowest BCUT2D eigenvalue weighted by Gasteiger charge is -2.18. The van der Waals surface area contributed by atoms with Gasteiger partial charge in [0.25, 0.3) is 5.56 Å². The number of aryl methyl sites for hydroxylation is 1. The van der Waals surface area contributed by atoms with Crippen LogP contribution in [0.15, 0.2) is 29.5 Å². The molecule has 0 aliphatic heterocycles. The van der Waals surface area contributed by atoms with Crippen molar-refractivity contribution in [3.63, 3.8) is 0 Å². The molecule has 0 atom stereocenters. The van der Waals surface area contributed by atoms with E-state index in [1.807, 2.05) is 16.9 Å². The first-order valence-corrected chi connectivity index (χ1v) is 6.47. The van der Waals surface area contributed by atoms with Crippen LogP contribution in [0.2, 0.25) is 0 Å². The number of H-pyrrole nitrogens is 1. The van der Waals surface area contributed by atoms with Gasteiger partial charge in [-0.1, -0.05) is 0 Å². The maximum Gasteiger partial charge on any atom is 0.259 e. The Morgan fingerprint density at radius 2 is 2.00 bits per heavy atom. The Kier molecular flexibility index (Phi) is 2.57. The van der Waals surface area contributed by atoms with Crippen LogP contribution in [0, 0.1) is 0 Å². The van der Waals surface area contributed by atoms with E-state index in [9.17, 15) is 4.79 Å². The first kappa shape index (κ1) is 12.7. The summed E-state index contributed by atoms with van der Waals surface area (Å²) in [5.41, 5.74) is 2.08. The zero-order valence-electron chi connectivity index (χ0n) is 12.0. The van der Waals surface area contributed by atoms with Gasteiger partial charge in [0, 0.05) is 25.0 Å². The minimum atomic E-state index is -0.130. The summed E-state index contributed by atoms with van der Waals surface area (Å²) >= 11 is 0. The first-order chi connectivity index (χ1) is 9.34. The molecule has 0 unspecified atom stereocenters. The number of hydrogen-bond acceptors (Lipinski definition) is 3. The third-order valence-corrected chi connectivity index (χ3v) is 3.21. The smallest absolute Gasteiger partial charge is 0.259 e. The molecule has 6 heteroatoms. The monoisotopic (exact) mass is 271 g/mol. The van der Waals surface area contributed by atoms with Crippen molar-refractivity contribution < 1.29 is 0 Å². The first-order valence-electron chi connectivity index (χ1n) is 6.47. The van der Waals surface area contributed by atoms with Crippen LogP contribution in [0.25, 0.3) is 22.2 Å². The molecule has 1 N–H and O–H groups in total. The molecule has 0 saturated heterocycles. The number of fused-ring (bicyclic) bond motifs is 1. The van der Waals surface area contributed by atoms with Gasteiger partial charge in [-0.3, -0.25) is 14.2 Å². The average Bonchev–Trinajstić information content (AvgIpc) is 2.93. The molecule has 0 radical (unpaired) electrons. The summed E-state index contributed by atoms with van der Waals surface area (Å²) in [5.74, 6) is 0. The van der Waals surface area contributed by atoms with Gasteiger partial charge in [0.15, 0.2) is 0 Å². The molecule has 3 aromatic heterocycles. The van der Waals surface area contributed by atoms with Crippen LogP contribution >= 0.6 is 0 Å². The zero-order chi connectivity index (χ0) is 14.5. The molecule has 3 heterocycles. The number of aromatic nitrogens is 5. The number of nitrogens with one attached hydrogen (secondary N) is 1. The molecule has 0 aromatic carbocycles. The van der Waals surface area contributed by atoms with Crippen LogP contribution in [-0.4, -0.2) is 24.5 Å². The van der Waals surface area contributed by atoms with Crippen LogP contribution in [-0.2, 0) is 12.6 Å². The fraction of sp³-hybridized carbons (Fsp3) is 0.357. The van der Waals surface area contributed by atoms with E-state index in [1.165, 1.54) is 0 Å².